The third-order valence-corrected chi connectivity index (χ3v) is 8.12. The number of unbranched alkanes of at least 4 members (excludes halogenated alkanes) is 4. The molecule has 2 unspecified atom stereocenters. The number of alkyl carbamates (subject to hydrolysis) is 1. The van der Waals surface area contributed by atoms with Crippen molar-refractivity contribution < 1.29 is 24.2 Å². The van der Waals surface area contributed by atoms with Gasteiger partial charge in [0, 0.05) is 18.7 Å². The summed E-state index contributed by atoms with van der Waals surface area (Å²) in [7, 11) is 0. The van der Waals surface area contributed by atoms with E-state index >= 15 is 0 Å². The molecule has 0 spiro atoms. The fraction of sp³-hybridized carbons (Fsp3) is 0.375. The molecule has 0 aromatic heterocycles. The van der Waals surface area contributed by atoms with Gasteiger partial charge >= 0.3 is 6.09 Å². The number of anilines is 1. The Kier molecular flexibility index (Phi) is 12.6. The Morgan fingerprint density at radius 2 is 1.50 bits per heavy atom. The van der Waals surface area contributed by atoms with Crippen molar-refractivity contribution in [2.75, 3.05) is 11.9 Å². The maximum atomic E-state index is 14.8. The number of phenols is 1. The van der Waals surface area contributed by atoms with E-state index < -0.39 is 29.7 Å². The number of hydrogen-bond acceptors (Lipinski definition) is 5. The summed E-state index contributed by atoms with van der Waals surface area (Å²) in [5.74, 6) is -0.652. The predicted octanol–water partition coefficient (Wildman–Crippen LogP) is 8.47. The fourth-order valence-electron chi connectivity index (χ4n) is 5.67. The first-order valence-corrected chi connectivity index (χ1v) is 16.9. The number of phenolic OH excluding ortho intramolecular Hbond substituents is 1. The lowest BCUT2D eigenvalue weighted by molar-refractivity contribution is -0.140. The zero-order valence-electron chi connectivity index (χ0n) is 28.8. The van der Waals surface area contributed by atoms with Crippen LogP contribution < -0.4 is 10.6 Å². The molecular formula is C40H49N3O5. The second kappa shape index (κ2) is 16.8. The molecule has 0 saturated carbocycles. The van der Waals surface area contributed by atoms with Gasteiger partial charge in [-0.2, -0.15) is 0 Å². The third-order valence-electron chi connectivity index (χ3n) is 8.12. The Labute approximate surface area is 284 Å². The van der Waals surface area contributed by atoms with Crippen molar-refractivity contribution in [3.63, 3.8) is 0 Å². The number of benzene rings is 4. The molecular weight excluding hydrogens is 602 g/mol. The molecule has 0 aliphatic carbocycles. The smallest absolute Gasteiger partial charge is 0.408 e. The Morgan fingerprint density at radius 1 is 0.833 bits per heavy atom. The second-order valence-corrected chi connectivity index (χ2v) is 13.4. The van der Waals surface area contributed by atoms with Gasteiger partial charge < -0.3 is 25.4 Å². The molecule has 0 fully saturated rings. The SMILES string of the molecule is CCCCCCCN(C(=O)C(Cc1ccc(O)cc1)NC(=O)OC(C)(C)C)C(C(=O)Nc1ccc2ccccc2c1)c1ccc(C)cc1. The Hall–Kier alpha value is -4.85. The molecule has 0 bridgehead atoms. The number of amides is 3. The maximum absolute atomic E-state index is 14.8. The third kappa shape index (κ3) is 10.6. The molecule has 48 heavy (non-hydrogen) atoms. The molecule has 0 aliphatic heterocycles. The molecule has 0 radical (unpaired) electrons. The first-order valence-electron chi connectivity index (χ1n) is 16.9. The predicted molar refractivity (Wildman–Crippen MR) is 192 cm³/mol. The molecule has 8 nitrogen and oxygen atoms in total. The van der Waals surface area contributed by atoms with Crippen molar-refractivity contribution in [3.05, 3.63) is 108 Å². The quantitative estimate of drug-likeness (QED) is 0.119. The fourth-order valence-corrected chi connectivity index (χ4v) is 5.67. The van der Waals surface area contributed by atoms with Crippen LogP contribution in [-0.4, -0.2) is 46.1 Å². The van der Waals surface area contributed by atoms with E-state index in [4.69, 9.17) is 4.74 Å². The average Bonchev–Trinajstić information content (AvgIpc) is 3.04. The van der Waals surface area contributed by atoms with Gasteiger partial charge in [-0.25, -0.2) is 4.79 Å². The lowest BCUT2D eigenvalue weighted by Crippen LogP contribution is -2.53. The molecule has 8 heteroatoms. The Morgan fingerprint density at radius 3 is 2.17 bits per heavy atom. The summed E-state index contributed by atoms with van der Waals surface area (Å²) in [5, 5.41) is 17.8. The van der Waals surface area contributed by atoms with Crippen LogP contribution in [0.25, 0.3) is 10.8 Å². The number of carbonyl (C=O) groups is 3. The number of rotatable bonds is 14. The van der Waals surface area contributed by atoms with Gasteiger partial charge in [0.25, 0.3) is 5.91 Å². The summed E-state index contributed by atoms with van der Waals surface area (Å²) in [6.07, 6.45) is 4.18. The van der Waals surface area contributed by atoms with E-state index in [9.17, 15) is 19.5 Å². The molecule has 3 amide bonds. The van der Waals surface area contributed by atoms with Gasteiger partial charge in [-0.05, 0) is 80.3 Å². The van der Waals surface area contributed by atoms with E-state index in [1.807, 2.05) is 73.7 Å². The van der Waals surface area contributed by atoms with E-state index in [1.165, 1.54) is 0 Å². The Bertz CT molecular complexity index is 1660. The van der Waals surface area contributed by atoms with E-state index in [-0.39, 0.29) is 18.1 Å². The number of nitrogens with one attached hydrogen (secondary N) is 2. The van der Waals surface area contributed by atoms with Crippen LogP contribution in [0.4, 0.5) is 10.5 Å². The molecule has 4 rings (SSSR count). The van der Waals surface area contributed by atoms with Crippen LogP contribution in [0.15, 0.2) is 91.0 Å². The topological polar surface area (TPSA) is 108 Å². The van der Waals surface area contributed by atoms with Crippen LogP contribution in [-0.2, 0) is 20.7 Å². The second-order valence-electron chi connectivity index (χ2n) is 13.4. The molecule has 4 aromatic carbocycles. The first-order chi connectivity index (χ1) is 22.9. The highest BCUT2D eigenvalue weighted by Gasteiger charge is 2.36. The highest BCUT2D eigenvalue weighted by Crippen LogP contribution is 2.28. The zero-order chi connectivity index (χ0) is 34.7. The zero-order valence-corrected chi connectivity index (χ0v) is 28.8. The van der Waals surface area contributed by atoms with E-state index in [0.29, 0.717) is 24.2 Å². The number of nitrogens with zero attached hydrogens (tertiary/aromatic N) is 1. The van der Waals surface area contributed by atoms with Gasteiger partial charge in [0.05, 0.1) is 0 Å². The van der Waals surface area contributed by atoms with Crippen molar-refractivity contribution >= 4 is 34.4 Å². The summed E-state index contributed by atoms with van der Waals surface area (Å²) >= 11 is 0. The largest absolute Gasteiger partial charge is 0.508 e. The minimum absolute atomic E-state index is 0.0974. The molecule has 2 atom stereocenters. The van der Waals surface area contributed by atoms with Crippen molar-refractivity contribution in [1.29, 1.82) is 0 Å². The summed E-state index contributed by atoms with van der Waals surface area (Å²) in [6, 6.07) is 25.8. The highest BCUT2D eigenvalue weighted by atomic mass is 16.6. The number of aryl methyl sites for hydroxylation is 1. The number of fused-ring (bicyclic) bond motifs is 1. The van der Waals surface area contributed by atoms with E-state index in [0.717, 1.165) is 47.6 Å². The van der Waals surface area contributed by atoms with Gasteiger partial charge in [-0.15, -0.1) is 0 Å². The first kappa shape index (κ1) is 36.0. The van der Waals surface area contributed by atoms with Crippen LogP contribution >= 0.6 is 0 Å². The number of carbonyl (C=O) groups excluding carboxylic acids is 3. The van der Waals surface area contributed by atoms with Crippen LogP contribution in [0.3, 0.4) is 0 Å². The van der Waals surface area contributed by atoms with Gasteiger partial charge in [-0.1, -0.05) is 105 Å². The standard InChI is InChI=1S/C40H49N3O5/c1-6-7-8-9-12-25-43(38(46)35(42-39(47)48-40(3,4)5)26-29-17-23-34(44)24-18-29)36(31-19-15-28(2)16-20-31)37(45)41-33-22-21-30-13-10-11-14-32(30)27-33/h10-11,13-24,27,35-36,44H,6-9,12,25-26H2,1-5H3,(H,41,45)(H,42,47). The van der Waals surface area contributed by atoms with Crippen LogP contribution in [0.2, 0.25) is 0 Å². The van der Waals surface area contributed by atoms with Crippen molar-refractivity contribution in [2.24, 2.45) is 0 Å². The maximum Gasteiger partial charge on any atom is 0.408 e. The van der Waals surface area contributed by atoms with Crippen molar-refractivity contribution in [1.82, 2.24) is 10.2 Å². The monoisotopic (exact) mass is 651 g/mol. The van der Waals surface area contributed by atoms with Gasteiger partial charge in [0.1, 0.15) is 23.4 Å². The van der Waals surface area contributed by atoms with Crippen LogP contribution in [0.5, 0.6) is 5.75 Å². The minimum atomic E-state index is -1.04. The normalized spacial score (nSPS) is 12.6. The lowest BCUT2D eigenvalue weighted by Gasteiger charge is -2.35. The van der Waals surface area contributed by atoms with Crippen LogP contribution in [0.1, 0.15) is 82.5 Å². The van der Waals surface area contributed by atoms with Gasteiger partial charge in [-0.3, -0.25) is 9.59 Å². The van der Waals surface area contributed by atoms with E-state index in [1.54, 1.807) is 49.9 Å². The number of hydrogen-bond donors (Lipinski definition) is 3. The summed E-state index contributed by atoms with van der Waals surface area (Å²) in [4.78, 5) is 43.9. The summed E-state index contributed by atoms with van der Waals surface area (Å²) < 4.78 is 5.56. The Balaban J connectivity index is 1.74. The van der Waals surface area contributed by atoms with E-state index in [2.05, 4.69) is 17.6 Å². The van der Waals surface area contributed by atoms with Crippen molar-refractivity contribution in [2.45, 2.75) is 90.8 Å². The van der Waals surface area contributed by atoms with Gasteiger partial charge in [0.2, 0.25) is 5.91 Å². The summed E-state index contributed by atoms with van der Waals surface area (Å²) in [5.41, 5.74) is 2.28. The van der Waals surface area contributed by atoms with Gasteiger partial charge in [0.15, 0.2) is 0 Å². The molecule has 0 aliphatic rings. The molecule has 0 heterocycles. The number of aromatic hydroxyl groups is 1. The number of ether oxygens (including phenoxy) is 1. The highest BCUT2D eigenvalue weighted by molar-refractivity contribution is 6.00. The molecule has 0 saturated heterocycles. The molecule has 3 N–H and O–H groups in total. The lowest BCUT2D eigenvalue weighted by atomic mass is 9.98. The molecule has 4 aromatic rings. The molecule has 254 valence electrons. The minimum Gasteiger partial charge on any atom is -0.508 e. The van der Waals surface area contributed by atoms with Crippen LogP contribution in [0, 0.1) is 6.92 Å². The summed E-state index contributed by atoms with van der Waals surface area (Å²) in [6.45, 7) is 9.72. The average molecular weight is 652 g/mol. The van der Waals surface area contributed by atoms with Crippen molar-refractivity contribution in [3.8, 4) is 5.75 Å².